The van der Waals surface area contributed by atoms with Crippen LogP contribution in [0, 0.1) is 30.1 Å². The molecule has 0 fully saturated rings. The molecule has 0 saturated heterocycles. The summed E-state index contributed by atoms with van der Waals surface area (Å²) in [5, 5.41) is 12.0. The number of rotatable bonds is 2. The number of pyridine rings is 1. The monoisotopic (exact) mass is 367 g/mol. The number of thiazole rings is 1. The van der Waals surface area contributed by atoms with E-state index in [0.29, 0.717) is 11.3 Å². The van der Waals surface area contributed by atoms with Gasteiger partial charge in [0.25, 0.3) is 0 Å². The Hall–Kier alpha value is -2.86. The molecule has 0 N–H and O–H groups in total. The minimum atomic E-state index is 0. The molecule has 0 saturated carbocycles. The third-order valence-corrected chi connectivity index (χ3v) is 4.10. The van der Waals surface area contributed by atoms with Crippen LogP contribution in [0.2, 0.25) is 0 Å². The zero-order valence-electron chi connectivity index (χ0n) is 13.6. The minimum Gasteiger partial charge on any atom is -0.496 e. The Morgan fingerprint density at radius 1 is 1.12 bits per heavy atom. The van der Waals surface area contributed by atoms with Gasteiger partial charge < -0.3 is 4.74 Å². The first kappa shape index (κ1) is 18.5. The molecule has 2 aromatic heterocycles. The summed E-state index contributed by atoms with van der Waals surface area (Å²) in [5.41, 5.74) is 3.66. The van der Waals surface area contributed by atoms with Crippen molar-refractivity contribution in [1.82, 2.24) is 9.97 Å². The van der Waals surface area contributed by atoms with Gasteiger partial charge in [-0.05, 0) is 43.2 Å². The third kappa shape index (κ3) is 4.36. The predicted octanol–water partition coefficient (Wildman–Crippen LogP) is 4.22. The van der Waals surface area contributed by atoms with Crippen LogP contribution in [0.15, 0.2) is 41.9 Å². The van der Waals surface area contributed by atoms with Crippen LogP contribution in [0.1, 0.15) is 21.8 Å². The molecule has 0 atom stereocenters. The number of hydrogen-bond donors (Lipinski definition) is 0. The predicted molar refractivity (Wildman–Crippen MR) is 101 cm³/mol. The fourth-order valence-corrected chi connectivity index (χ4v) is 2.71. The first-order valence-corrected chi connectivity index (χ1v) is 8.06. The number of halogens is 1. The van der Waals surface area contributed by atoms with Crippen molar-refractivity contribution in [2.45, 2.75) is 6.92 Å². The highest BCUT2D eigenvalue weighted by Crippen LogP contribution is 2.29. The van der Waals surface area contributed by atoms with Crippen LogP contribution in [-0.4, -0.2) is 17.1 Å². The molecule has 124 valence electrons. The first-order chi connectivity index (χ1) is 11.7. The summed E-state index contributed by atoms with van der Waals surface area (Å²) in [6.07, 6.45) is 1.71. The minimum absolute atomic E-state index is 0. The van der Waals surface area contributed by atoms with Gasteiger partial charge in [0.1, 0.15) is 11.4 Å². The molecule has 25 heavy (non-hydrogen) atoms. The molecular weight excluding hydrogens is 354 g/mol. The molecule has 0 amide bonds. The lowest BCUT2D eigenvalue weighted by Gasteiger charge is -2.08. The Bertz CT molecular complexity index is 978. The van der Waals surface area contributed by atoms with Crippen LogP contribution in [-0.2, 0) is 0 Å². The van der Waals surface area contributed by atoms with Crippen molar-refractivity contribution in [2.24, 2.45) is 0 Å². The Morgan fingerprint density at radius 3 is 2.52 bits per heavy atom. The van der Waals surface area contributed by atoms with Gasteiger partial charge in [0, 0.05) is 22.7 Å². The normalized spacial score (nSPS) is 9.32. The Labute approximate surface area is 156 Å². The average Bonchev–Trinajstić information content (AvgIpc) is 3.05. The number of ether oxygens (including phenoxy) is 1. The second-order valence-corrected chi connectivity index (χ2v) is 6.02. The molecule has 0 aliphatic carbocycles. The van der Waals surface area contributed by atoms with Crippen molar-refractivity contribution in [1.29, 1.82) is 5.26 Å². The summed E-state index contributed by atoms with van der Waals surface area (Å²) in [6.45, 7) is 1.95. The van der Waals surface area contributed by atoms with Crippen molar-refractivity contribution >= 4 is 23.7 Å². The van der Waals surface area contributed by atoms with Crippen LogP contribution in [0.4, 0.5) is 0 Å². The van der Waals surface area contributed by atoms with Gasteiger partial charge in [0.05, 0.1) is 29.4 Å². The molecule has 0 unspecified atom stereocenters. The fraction of sp³-hybridized carbons (Fsp3) is 0.105. The lowest BCUT2D eigenvalue weighted by Crippen LogP contribution is -1.91. The van der Waals surface area contributed by atoms with E-state index in [1.807, 2.05) is 24.4 Å². The number of nitriles is 1. The van der Waals surface area contributed by atoms with Gasteiger partial charge in [-0.3, -0.25) is 4.98 Å². The van der Waals surface area contributed by atoms with Gasteiger partial charge in [0.15, 0.2) is 0 Å². The van der Waals surface area contributed by atoms with Crippen LogP contribution >= 0.6 is 23.7 Å². The van der Waals surface area contributed by atoms with E-state index < -0.39 is 0 Å². The highest BCUT2D eigenvalue weighted by atomic mass is 35.5. The van der Waals surface area contributed by atoms with Crippen LogP contribution in [0.5, 0.6) is 5.75 Å². The maximum atomic E-state index is 9.06. The van der Waals surface area contributed by atoms with Crippen LogP contribution < -0.4 is 4.74 Å². The van der Waals surface area contributed by atoms with Gasteiger partial charge in [0.2, 0.25) is 0 Å². The van der Waals surface area contributed by atoms with Gasteiger partial charge in [-0.1, -0.05) is 5.92 Å². The van der Waals surface area contributed by atoms with Gasteiger partial charge >= 0.3 is 0 Å². The topological polar surface area (TPSA) is 58.8 Å². The zero-order chi connectivity index (χ0) is 16.9. The lowest BCUT2D eigenvalue weighted by atomic mass is 10.1. The molecule has 0 aliphatic rings. The molecule has 3 aromatic rings. The van der Waals surface area contributed by atoms with E-state index in [4.69, 9.17) is 10.00 Å². The highest BCUT2D eigenvalue weighted by Gasteiger charge is 2.08. The quantitative estimate of drug-likeness (QED) is 0.636. The van der Waals surface area contributed by atoms with Crippen LogP contribution in [0.25, 0.3) is 11.3 Å². The summed E-state index contributed by atoms with van der Waals surface area (Å²) >= 11 is 1.58. The molecule has 4 nitrogen and oxygen atoms in total. The SMILES string of the molecule is COc1ccc(C#N)cc1-c1ccc(C#Cc2csc(C)n2)cn1.Cl. The van der Waals surface area contributed by atoms with Crippen molar-refractivity contribution in [3.05, 3.63) is 63.7 Å². The molecule has 0 aliphatic heterocycles. The summed E-state index contributed by atoms with van der Waals surface area (Å²) in [6, 6.07) is 11.2. The molecule has 0 bridgehead atoms. The van der Waals surface area contributed by atoms with Crippen molar-refractivity contribution in [2.75, 3.05) is 7.11 Å². The summed E-state index contributed by atoms with van der Waals surface area (Å²) in [7, 11) is 1.60. The number of nitrogens with zero attached hydrogens (tertiary/aromatic N) is 3. The molecule has 2 heterocycles. The smallest absolute Gasteiger partial charge is 0.128 e. The van der Waals surface area contributed by atoms with E-state index in [1.54, 1.807) is 42.8 Å². The van der Waals surface area contributed by atoms with Gasteiger partial charge in [-0.15, -0.1) is 23.7 Å². The van der Waals surface area contributed by atoms with Crippen molar-refractivity contribution < 1.29 is 4.74 Å². The molecule has 0 spiro atoms. The second-order valence-electron chi connectivity index (χ2n) is 4.96. The maximum absolute atomic E-state index is 9.06. The molecule has 1 aromatic carbocycles. The first-order valence-electron chi connectivity index (χ1n) is 7.18. The molecule has 0 radical (unpaired) electrons. The van der Waals surface area contributed by atoms with E-state index in [2.05, 4.69) is 27.9 Å². The fourth-order valence-electron chi connectivity index (χ4n) is 2.16. The number of aryl methyl sites for hydroxylation is 1. The highest BCUT2D eigenvalue weighted by molar-refractivity contribution is 7.09. The summed E-state index contributed by atoms with van der Waals surface area (Å²) < 4.78 is 5.35. The van der Waals surface area contributed by atoms with Crippen LogP contribution in [0.3, 0.4) is 0 Å². The maximum Gasteiger partial charge on any atom is 0.128 e. The van der Waals surface area contributed by atoms with Gasteiger partial charge in [-0.25, -0.2) is 4.98 Å². The second kappa shape index (κ2) is 8.30. The van der Waals surface area contributed by atoms with E-state index in [0.717, 1.165) is 27.5 Å². The molecule has 3 rings (SSSR count). The Balaban J connectivity index is 0.00000225. The van der Waals surface area contributed by atoms with Crippen molar-refractivity contribution in [3.63, 3.8) is 0 Å². The third-order valence-electron chi connectivity index (χ3n) is 3.32. The summed E-state index contributed by atoms with van der Waals surface area (Å²) in [4.78, 5) is 8.75. The number of aromatic nitrogens is 2. The molecule has 6 heteroatoms. The van der Waals surface area contributed by atoms with E-state index >= 15 is 0 Å². The number of methoxy groups -OCH3 is 1. The standard InChI is InChI=1S/C19H13N3OS.ClH/c1-13-22-16(12-24-13)6-3-14-4-7-18(21-11-14)17-9-15(10-20)5-8-19(17)23-2;/h4-5,7-9,11-12H,1-2H3;1H. The lowest BCUT2D eigenvalue weighted by molar-refractivity contribution is 0.416. The average molecular weight is 368 g/mol. The largest absolute Gasteiger partial charge is 0.496 e. The van der Waals surface area contributed by atoms with E-state index in [1.165, 1.54) is 0 Å². The zero-order valence-corrected chi connectivity index (χ0v) is 15.2. The van der Waals surface area contributed by atoms with Gasteiger partial charge in [-0.2, -0.15) is 5.26 Å². The van der Waals surface area contributed by atoms with E-state index in [-0.39, 0.29) is 12.4 Å². The van der Waals surface area contributed by atoms with E-state index in [9.17, 15) is 0 Å². The Kier molecular flexibility index (Phi) is 6.14. The number of hydrogen-bond acceptors (Lipinski definition) is 5. The van der Waals surface area contributed by atoms with Crippen molar-refractivity contribution in [3.8, 4) is 34.9 Å². The molecular formula is C19H14ClN3OS. The Morgan fingerprint density at radius 2 is 1.92 bits per heavy atom. The summed E-state index contributed by atoms with van der Waals surface area (Å²) in [5.74, 6) is 6.75. The number of benzene rings is 1.